The number of ether oxygens (including phenoxy) is 8. The third-order valence-electron chi connectivity index (χ3n) is 11.4. The lowest BCUT2D eigenvalue weighted by atomic mass is 9.84. The maximum Gasteiger partial charge on any atom is 0.331 e. The molecule has 1 unspecified atom stereocenters. The number of carbonyl (C=O) groups excluding carboxylic acids is 2. The van der Waals surface area contributed by atoms with E-state index in [-0.39, 0.29) is 19.3 Å². The van der Waals surface area contributed by atoms with E-state index in [4.69, 9.17) is 37.9 Å². The number of morpholine rings is 1. The van der Waals surface area contributed by atoms with E-state index >= 15 is 0 Å². The number of hydrogen-bond donors (Lipinski definition) is 0. The molecule has 0 spiro atoms. The smallest absolute Gasteiger partial charge is 0.331 e. The van der Waals surface area contributed by atoms with E-state index in [1.54, 1.807) is 35.5 Å². The lowest BCUT2D eigenvalue weighted by Crippen LogP contribution is -2.55. The van der Waals surface area contributed by atoms with Gasteiger partial charge >= 0.3 is 11.9 Å². The van der Waals surface area contributed by atoms with Crippen LogP contribution in [0.1, 0.15) is 54.8 Å². The molecule has 0 amide bonds. The zero-order valence-corrected chi connectivity index (χ0v) is 33.6. The molecule has 1 aliphatic carbocycles. The average Bonchev–Trinajstić information content (AvgIpc) is 3.21. The van der Waals surface area contributed by atoms with Gasteiger partial charge in [0.25, 0.3) is 0 Å². The lowest BCUT2D eigenvalue weighted by Gasteiger charge is -2.46. The molecule has 0 N–H and O–H groups in total. The molecule has 0 bridgehead atoms. The van der Waals surface area contributed by atoms with E-state index in [0.29, 0.717) is 37.6 Å². The number of esters is 2. The third kappa shape index (κ3) is 11.0. The molecule has 12 heteroatoms. The van der Waals surface area contributed by atoms with Crippen LogP contribution < -0.4 is 18.9 Å². The van der Waals surface area contributed by atoms with Gasteiger partial charge in [-0.2, -0.15) is 0 Å². The molecule has 2 heterocycles. The van der Waals surface area contributed by atoms with Crippen molar-refractivity contribution in [2.45, 2.75) is 51.1 Å². The van der Waals surface area contributed by atoms with E-state index < -0.39 is 11.9 Å². The first kappa shape index (κ1) is 41.6. The second-order valence-electron chi connectivity index (χ2n) is 14.8. The summed E-state index contributed by atoms with van der Waals surface area (Å²) in [5.41, 5.74) is 5.08. The molecule has 1 saturated heterocycles. The van der Waals surface area contributed by atoms with Crippen molar-refractivity contribution in [1.82, 2.24) is 0 Å². The van der Waals surface area contributed by atoms with Crippen molar-refractivity contribution < 1.29 is 56.5 Å². The summed E-state index contributed by atoms with van der Waals surface area (Å²) in [4.78, 5) is 25.1. The van der Waals surface area contributed by atoms with Crippen LogP contribution in [-0.2, 0) is 41.5 Å². The molecule has 3 aliphatic rings. The number of nitrogens with zero attached hydrogens (tertiary/aromatic N) is 2. The van der Waals surface area contributed by atoms with E-state index in [1.165, 1.54) is 16.7 Å². The first-order valence-electron chi connectivity index (χ1n) is 19.3. The number of fused-ring (bicyclic) bond motifs is 1. The Morgan fingerprint density at radius 2 is 1.36 bits per heavy atom. The SMILES string of the molecule is COC1=CC=C(C[C@@H]2c3cc(OC)c(OC)cc3CC[N+]2(C)CCCOC(=O)/C=C\C(=O)OCCC[N+]2(Cc3ccc(OC)c(OC)c3)CCOCC2)CC1. The van der Waals surface area contributed by atoms with Crippen molar-refractivity contribution in [2.75, 3.05) is 102 Å². The maximum absolute atomic E-state index is 12.6. The second kappa shape index (κ2) is 19.9. The number of carbonyl (C=O) groups is 2. The monoisotopic (exact) mass is 764 g/mol. The van der Waals surface area contributed by atoms with E-state index in [1.807, 2.05) is 12.1 Å². The summed E-state index contributed by atoms with van der Waals surface area (Å²) >= 11 is 0. The average molecular weight is 765 g/mol. The molecule has 2 atom stereocenters. The Morgan fingerprint density at radius 1 is 0.727 bits per heavy atom. The Morgan fingerprint density at radius 3 is 1.98 bits per heavy atom. The third-order valence-corrected chi connectivity index (χ3v) is 11.4. The van der Waals surface area contributed by atoms with E-state index in [9.17, 15) is 9.59 Å². The molecule has 1 fully saturated rings. The van der Waals surface area contributed by atoms with Crippen LogP contribution in [-0.4, -0.2) is 123 Å². The largest absolute Gasteiger partial charge is 0.501 e. The highest BCUT2D eigenvalue weighted by molar-refractivity contribution is 5.91. The van der Waals surface area contributed by atoms with E-state index in [2.05, 4.69) is 37.4 Å². The highest BCUT2D eigenvalue weighted by Crippen LogP contribution is 2.44. The fourth-order valence-corrected chi connectivity index (χ4v) is 8.14. The van der Waals surface area contributed by atoms with Gasteiger partial charge in [-0.1, -0.05) is 11.6 Å². The van der Waals surface area contributed by atoms with Crippen molar-refractivity contribution in [1.29, 1.82) is 0 Å². The minimum atomic E-state index is -0.560. The molecule has 12 nitrogen and oxygen atoms in total. The second-order valence-corrected chi connectivity index (χ2v) is 14.8. The Balaban J connectivity index is 1.10. The van der Waals surface area contributed by atoms with Crippen LogP contribution in [0, 0.1) is 0 Å². The van der Waals surface area contributed by atoms with Gasteiger partial charge in [-0.3, -0.25) is 0 Å². The summed E-state index contributed by atoms with van der Waals surface area (Å²) in [5.74, 6) is 2.76. The van der Waals surface area contributed by atoms with Gasteiger partial charge < -0.3 is 46.9 Å². The first-order valence-corrected chi connectivity index (χ1v) is 19.3. The lowest BCUT2D eigenvalue weighted by molar-refractivity contribution is -0.947. The number of likely N-dealkylation sites (N-methyl/N-ethyl adjacent to an activating group) is 1. The molecular weight excluding hydrogens is 704 g/mol. The summed E-state index contributed by atoms with van der Waals surface area (Å²) in [5, 5.41) is 0. The number of methoxy groups -OCH3 is 5. The molecule has 2 aliphatic heterocycles. The Kier molecular flexibility index (Phi) is 15.1. The topological polar surface area (TPSA) is 108 Å². The molecule has 300 valence electrons. The predicted molar refractivity (Wildman–Crippen MR) is 208 cm³/mol. The zero-order valence-electron chi connectivity index (χ0n) is 33.6. The standard InChI is InChI=1S/C43H60N2O10/c1-44(20-17-34-29-40(51-5)41(52-6)30-36(34)37(44)27-32-9-12-35(48-2)13-10-32)18-7-23-54-42(46)15-16-43(47)55-24-8-19-45(21-25-53-26-22-45)31-33-11-14-38(49-3)39(28-33)50-4/h9,11-12,14-16,28-30,37H,7-8,10,13,17-27,31H2,1-6H3/q+2/b16-15-/t37-,44?/m1/s1. The zero-order chi connectivity index (χ0) is 39.3. The van der Waals surface area contributed by atoms with Gasteiger partial charge in [0.2, 0.25) is 0 Å². The summed E-state index contributed by atoms with van der Waals surface area (Å²) in [6.45, 7) is 7.02. The maximum atomic E-state index is 12.6. The Hall–Kier alpha value is -4.52. The predicted octanol–water partition coefficient (Wildman–Crippen LogP) is 5.88. The van der Waals surface area contributed by atoms with Crippen LogP contribution in [0.15, 0.2) is 66.0 Å². The van der Waals surface area contributed by atoms with Crippen molar-refractivity contribution >= 4 is 11.9 Å². The normalized spacial score (nSPS) is 20.4. The molecule has 0 radical (unpaired) electrons. The van der Waals surface area contributed by atoms with Gasteiger partial charge in [0.15, 0.2) is 23.0 Å². The quantitative estimate of drug-likeness (QED) is 0.0746. The first-order chi connectivity index (χ1) is 26.6. The van der Waals surface area contributed by atoms with Gasteiger partial charge in [0.05, 0.1) is 94.4 Å². The fraction of sp³-hybridized carbons (Fsp3) is 0.535. The van der Waals surface area contributed by atoms with Crippen LogP contribution in [0.3, 0.4) is 0 Å². The van der Waals surface area contributed by atoms with Crippen LogP contribution in [0.2, 0.25) is 0 Å². The van der Waals surface area contributed by atoms with Gasteiger partial charge in [0.1, 0.15) is 25.7 Å². The van der Waals surface area contributed by atoms with Crippen molar-refractivity contribution in [2.24, 2.45) is 0 Å². The van der Waals surface area contributed by atoms with E-state index in [0.717, 1.165) is 109 Å². The Labute approximate surface area is 326 Å². The number of quaternary nitrogens is 2. The van der Waals surface area contributed by atoms with Crippen molar-refractivity contribution in [3.8, 4) is 23.0 Å². The van der Waals surface area contributed by atoms with Crippen molar-refractivity contribution in [3.63, 3.8) is 0 Å². The van der Waals surface area contributed by atoms with Gasteiger partial charge in [0, 0.05) is 55.4 Å². The highest BCUT2D eigenvalue weighted by Gasteiger charge is 2.40. The molecule has 2 aromatic rings. The molecule has 0 saturated carbocycles. The highest BCUT2D eigenvalue weighted by atomic mass is 16.5. The van der Waals surface area contributed by atoms with Crippen LogP contribution in [0.5, 0.6) is 23.0 Å². The molecule has 0 aromatic heterocycles. The number of benzene rings is 2. The molecule has 2 aromatic carbocycles. The molecule has 5 rings (SSSR count). The van der Waals surface area contributed by atoms with Gasteiger partial charge in [-0.15, -0.1) is 0 Å². The summed E-state index contributed by atoms with van der Waals surface area (Å²) in [6, 6.07) is 10.5. The molecule has 55 heavy (non-hydrogen) atoms. The number of rotatable bonds is 19. The fourth-order valence-electron chi connectivity index (χ4n) is 8.14. The minimum Gasteiger partial charge on any atom is -0.501 e. The van der Waals surface area contributed by atoms with Crippen LogP contribution in [0.25, 0.3) is 0 Å². The van der Waals surface area contributed by atoms with Gasteiger partial charge in [-0.25, -0.2) is 9.59 Å². The summed E-state index contributed by atoms with van der Waals surface area (Å²) < 4.78 is 46.0. The van der Waals surface area contributed by atoms with Crippen LogP contribution in [0.4, 0.5) is 0 Å². The van der Waals surface area contributed by atoms with Crippen molar-refractivity contribution in [3.05, 3.63) is 82.7 Å². The number of allylic oxidation sites excluding steroid dienone is 3. The number of hydrogen-bond acceptors (Lipinski definition) is 10. The summed E-state index contributed by atoms with van der Waals surface area (Å²) in [6.07, 6.45) is 11.6. The van der Waals surface area contributed by atoms with Crippen LogP contribution >= 0.6 is 0 Å². The molecular formula is C43H60N2O10+2. The van der Waals surface area contributed by atoms with Gasteiger partial charge in [-0.05, 0) is 48.4 Å². The minimum absolute atomic E-state index is 0.198. The summed E-state index contributed by atoms with van der Waals surface area (Å²) in [7, 11) is 10.6. The Bertz CT molecular complexity index is 1710.